The van der Waals surface area contributed by atoms with Crippen molar-refractivity contribution < 1.29 is 28.6 Å². The van der Waals surface area contributed by atoms with Crippen LogP contribution in [0.4, 0.5) is 13.6 Å². The Morgan fingerprint density at radius 3 is 2.35 bits per heavy atom. The van der Waals surface area contributed by atoms with Crippen LogP contribution < -0.4 is 5.32 Å². The maximum absolute atomic E-state index is 13.6. The number of carbonyl (C=O) groups is 2. The minimum absolute atomic E-state index is 0.0627. The van der Waals surface area contributed by atoms with Crippen molar-refractivity contribution in [3.05, 3.63) is 69.7 Å². The Morgan fingerprint density at radius 2 is 1.84 bits per heavy atom. The van der Waals surface area contributed by atoms with Crippen LogP contribution in [0.3, 0.4) is 0 Å². The van der Waals surface area contributed by atoms with Crippen LogP contribution in [0.2, 0.25) is 0 Å². The van der Waals surface area contributed by atoms with E-state index in [1.54, 1.807) is 0 Å². The monoisotopic (exact) mass is 496 g/mol. The van der Waals surface area contributed by atoms with Gasteiger partial charge >= 0.3 is 6.09 Å². The van der Waals surface area contributed by atoms with Crippen LogP contribution in [0.5, 0.6) is 0 Å². The van der Waals surface area contributed by atoms with Crippen LogP contribution in [-0.4, -0.2) is 45.8 Å². The van der Waals surface area contributed by atoms with E-state index in [0.29, 0.717) is 12.8 Å². The molecular formula is C22H23BrF2N2O4. The third-order valence-electron chi connectivity index (χ3n) is 5.43. The zero-order chi connectivity index (χ0) is 22.8. The number of benzene rings is 2. The molecule has 2 unspecified atom stereocenters. The summed E-state index contributed by atoms with van der Waals surface area (Å²) < 4.78 is 27.9. The molecular weight excluding hydrogens is 474 g/mol. The highest BCUT2D eigenvalue weighted by atomic mass is 79.9. The summed E-state index contributed by atoms with van der Waals surface area (Å²) >= 11 is 3.39. The topological polar surface area (TPSA) is 89.9 Å². The van der Waals surface area contributed by atoms with Crippen LogP contribution in [0.25, 0.3) is 0 Å². The SMILES string of the molecule is CC(=O)NC(Cc1cc(F)cc(F)c1)C(O)CN(C(=O)O)C1(c2cccc(Br)c2)CC1. The van der Waals surface area contributed by atoms with Crippen LogP contribution in [0.15, 0.2) is 46.9 Å². The number of nitrogens with one attached hydrogen (secondary N) is 1. The number of nitrogens with zero attached hydrogens (tertiary/aromatic N) is 1. The van der Waals surface area contributed by atoms with Crippen LogP contribution in [0.1, 0.15) is 30.9 Å². The van der Waals surface area contributed by atoms with Gasteiger partial charge < -0.3 is 15.5 Å². The van der Waals surface area contributed by atoms with Gasteiger partial charge in [0.1, 0.15) is 11.6 Å². The lowest BCUT2D eigenvalue weighted by Gasteiger charge is -2.34. The van der Waals surface area contributed by atoms with E-state index < -0.39 is 41.3 Å². The summed E-state index contributed by atoms with van der Waals surface area (Å²) in [6.07, 6.45) is -1.36. The molecule has 1 aliphatic carbocycles. The second-order valence-electron chi connectivity index (χ2n) is 7.79. The van der Waals surface area contributed by atoms with Crippen molar-refractivity contribution in [3.8, 4) is 0 Å². The molecule has 2 aromatic rings. The van der Waals surface area contributed by atoms with E-state index in [-0.39, 0.29) is 18.5 Å². The van der Waals surface area contributed by atoms with Gasteiger partial charge in [-0.2, -0.15) is 0 Å². The Morgan fingerprint density at radius 1 is 1.19 bits per heavy atom. The summed E-state index contributed by atoms with van der Waals surface area (Å²) in [5.41, 5.74) is 0.285. The highest BCUT2D eigenvalue weighted by Gasteiger charge is 2.52. The van der Waals surface area contributed by atoms with Gasteiger partial charge in [-0.05, 0) is 54.7 Å². The Balaban J connectivity index is 1.83. The number of rotatable bonds is 8. The van der Waals surface area contributed by atoms with Crippen molar-refractivity contribution in [3.63, 3.8) is 0 Å². The largest absolute Gasteiger partial charge is 0.465 e. The zero-order valence-corrected chi connectivity index (χ0v) is 18.4. The van der Waals surface area contributed by atoms with E-state index >= 15 is 0 Å². The third-order valence-corrected chi connectivity index (χ3v) is 5.93. The number of aliphatic hydroxyl groups is 1. The van der Waals surface area contributed by atoms with Gasteiger partial charge in [0.25, 0.3) is 0 Å². The highest BCUT2D eigenvalue weighted by Crippen LogP contribution is 2.51. The molecule has 0 radical (unpaired) electrons. The average molecular weight is 497 g/mol. The number of amides is 2. The third kappa shape index (κ3) is 5.59. The molecule has 0 saturated heterocycles. The lowest BCUT2D eigenvalue weighted by atomic mass is 9.98. The molecule has 2 aromatic carbocycles. The lowest BCUT2D eigenvalue weighted by molar-refractivity contribution is -0.120. The average Bonchev–Trinajstić information content (AvgIpc) is 3.45. The van der Waals surface area contributed by atoms with Gasteiger partial charge in [-0.1, -0.05) is 28.1 Å². The number of hydrogen-bond donors (Lipinski definition) is 3. The second-order valence-corrected chi connectivity index (χ2v) is 8.71. The van der Waals surface area contributed by atoms with E-state index in [1.165, 1.54) is 11.8 Å². The standard InChI is InChI=1S/C22H23BrF2N2O4/c1-13(28)26-19(9-14-7-17(24)11-18(25)8-14)20(29)12-27(21(30)31)22(5-6-22)15-3-2-4-16(23)10-15/h2-4,7-8,10-11,19-20,29H,5-6,9,12H2,1H3,(H,26,28)(H,30,31). The molecule has 0 bridgehead atoms. The van der Waals surface area contributed by atoms with Gasteiger partial charge in [0, 0.05) is 17.5 Å². The van der Waals surface area contributed by atoms with Gasteiger partial charge in [0.15, 0.2) is 0 Å². The van der Waals surface area contributed by atoms with Crippen molar-refractivity contribution in [1.82, 2.24) is 10.2 Å². The Hall–Kier alpha value is -2.52. The maximum Gasteiger partial charge on any atom is 0.408 e. The number of hydrogen-bond acceptors (Lipinski definition) is 3. The van der Waals surface area contributed by atoms with Crippen molar-refractivity contribution >= 4 is 27.9 Å². The first kappa shape index (κ1) is 23.1. The number of aliphatic hydroxyl groups excluding tert-OH is 1. The first-order valence-electron chi connectivity index (χ1n) is 9.77. The number of carboxylic acid groups (broad SMARTS) is 1. The van der Waals surface area contributed by atoms with E-state index in [1.807, 2.05) is 24.3 Å². The van der Waals surface area contributed by atoms with Gasteiger partial charge in [-0.15, -0.1) is 0 Å². The Bertz CT molecular complexity index is 963. The Kier molecular flexibility index (Phi) is 6.96. The van der Waals surface area contributed by atoms with Crippen molar-refractivity contribution in [2.24, 2.45) is 0 Å². The van der Waals surface area contributed by atoms with E-state index in [2.05, 4.69) is 21.2 Å². The van der Waals surface area contributed by atoms with Gasteiger partial charge in [0.2, 0.25) is 5.91 Å². The van der Waals surface area contributed by atoms with Gasteiger partial charge in [-0.25, -0.2) is 13.6 Å². The summed E-state index contributed by atoms with van der Waals surface area (Å²) in [6, 6.07) is 9.36. The normalized spacial score (nSPS) is 16.3. The summed E-state index contributed by atoms with van der Waals surface area (Å²) in [5.74, 6) is -1.99. The molecule has 3 rings (SSSR count). The summed E-state index contributed by atoms with van der Waals surface area (Å²) in [4.78, 5) is 24.9. The fourth-order valence-corrected chi connectivity index (χ4v) is 4.29. The quantitative estimate of drug-likeness (QED) is 0.518. The fourth-order valence-electron chi connectivity index (χ4n) is 3.89. The summed E-state index contributed by atoms with van der Waals surface area (Å²) in [5, 5.41) is 23.3. The van der Waals surface area contributed by atoms with Crippen LogP contribution in [-0.2, 0) is 16.8 Å². The predicted octanol–water partition coefficient (Wildman–Crippen LogP) is 3.80. The van der Waals surface area contributed by atoms with Crippen LogP contribution >= 0.6 is 15.9 Å². The predicted molar refractivity (Wildman–Crippen MR) is 113 cm³/mol. The number of halogens is 3. The molecule has 3 N–H and O–H groups in total. The smallest absolute Gasteiger partial charge is 0.408 e. The number of carbonyl (C=O) groups excluding carboxylic acids is 1. The van der Waals surface area contributed by atoms with Crippen molar-refractivity contribution in [2.75, 3.05) is 6.54 Å². The van der Waals surface area contributed by atoms with Gasteiger partial charge in [0.05, 0.1) is 24.2 Å². The molecule has 2 atom stereocenters. The molecule has 9 heteroatoms. The summed E-state index contributed by atoms with van der Waals surface area (Å²) in [6.45, 7) is 0.981. The molecule has 1 aliphatic rings. The first-order chi connectivity index (χ1) is 14.6. The molecule has 166 valence electrons. The lowest BCUT2D eigenvalue weighted by Crippen LogP contribution is -2.52. The fraction of sp³-hybridized carbons (Fsp3) is 0.364. The first-order valence-corrected chi connectivity index (χ1v) is 10.6. The highest BCUT2D eigenvalue weighted by molar-refractivity contribution is 9.10. The van der Waals surface area contributed by atoms with E-state index in [4.69, 9.17) is 0 Å². The molecule has 6 nitrogen and oxygen atoms in total. The van der Waals surface area contributed by atoms with Crippen molar-refractivity contribution in [1.29, 1.82) is 0 Å². The zero-order valence-electron chi connectivity index (χ0n) is 16.8. The maximum atomic E-state index is 13.6. The molecule has 0 aromatic heterocycles. The minimum atomic E-state index is -1.30. The molecule has 1 fully saturated rings. The van der Waals surface area contributed by atoms with E-state index in [9.17, 15) is 28.6 Å². The molecule has 0 heterocycles. The molecule has 31 heavy (non-hydrogen) atoms. The molecule has 0 aliphatic heterocycles. The molecule has 2 amide bonds. The van der Waals surface area contributed by atoms with Crippen LogP contribution in [0, 0.1) is 11.6 Å². The van der Waals surface area contributed by atoms with E-state index in [0.717, 1.165) is 28.2 Å². The molecule has 1 saturated carbocycles. The molecule has 0 spiro atoms. The summed E-state index contributed by atoms with van der Waals surface area (Å²) in [7, 11) is 0. The minimum Gasteiger partial charge on any atom is -0.465 e. The van der Waals surface area contributed by atoms with Crippen molar-refractivity contribution in [2.45, 2.75) is 43.9 Å². The Labute approximate surface area is 187 Å². The van der Waals surface area contributed by atoms with Gasteiger partial charge in [-0.3, -0.25) is 9.69 Å². The second kappa shape index (κ2) is 9.32.